The number of aryl methyl sites for hydroxylation is 1. The quantitative estimate of drug-likeness (QED) is 0.472. The van der Waals surface area contributed by atoms with Gasteiger partial charge in [0.25, 0.3) is 0 Å². The molecule has 1 unspecified atom stereocenters. The molecule has 2 aliphatic heterocycles. The molecule has 0 aliphatic carbocycles. The molecular formula is C30H41N5O4. The Balaban J connectivity index is 1.51. The lowest BCUT2D eigenvalue weighted by Crippen LogP contribution is -2.77. The Hall–Kier alpha value is -3.43. The second-order valence-corrected chi connectivity index (χ2v) is 10.4. The molecule has 39 heavy (non-hydrogen) atoms. The van der Waals surface area contributed by atoms with Crippen molar-refractivity contribution in [3.63, 3.8) is 0 Å². The maximum absolute atomic E-state index is 13.7. The molecule has 2 aliphatic rings. The van der Waals surface area contributed by atoms with E-state index in [0.29, 0.717) is 32.8 Å². The Morgan fingerprint density at radius 2 is 1.77 bits per heavy atom. The molecule has 0 bridgehead atoms. The van der Waals surface area contributed by atoms with Crippen molar-refractivity contribution in [1.82, 2.24) is 25.1 Å². The van der Waals surface area contributed by atoms with Gasteiger partial charge in [0.15, 0.2) is 0 Å². The number of amides is 4. The number of nitrogens with zero attached hydrogens (tertiary/aromatic N) is 4. The molecule has 2 aromatic carbocycles. The smallest absolute Gasteiger partial charge is 0.334 e. The van der Waals surface area contributed by atoms with E-state index >= 15 is 0 Å². The minimum Gasteiger partial charge on any atom is -0.375 e. The molecule has 9 nitrogen and oxygen atoms in total. The number of benzene rings is 2. The molecule has 4 rings (SSSR count). The summed E-state index contributed by atoms with van der Waals surface area (Å²) in [6, 6.07) is 17.0. The van der Waals surface area contributed by atoms with E-state index in [9.17, 15) is 14.4 Å². The zero-order chi connectivity index (χ0) is 27.9. The molecule has 3 atom stereocenters. The van der Waals surface area contributed by atoms with Crippen LogP contribution in [-0.4, -0.2) is 82.7 Å². The summed E-state index contributed by atoms with van der Waals surface area (Å²) in [5.41, 5.74) is 3.26. The van der Waals surface area contributed by atoms with Crippen LogP contribution < -0.4 is 5.32 Å². The standard InChI is InChI=1S/C30H41N5O4/c1-5-23(4)28-29(37)32(16-17-39-21-25-14-12-22(3)13-15-25)19-26-34(28)27(36)20-33(6-2)35(26)30(38)31-18-24-10-8-7-9-11-24/h7-15,23,26,28H,5-6,16-21H2,1-4H3,(H,31,38)/t23?,26-,28-/m0/s1. The third kappa shape index (κ3) is 6.59. The number of urea groups is 1. The van der Waals surface area contributed by atoms with Gasteiger partial charge in [-0.1, -0.05) is 87.4 Å². The highest BCUT2D eigenvalue weighted by Gasteiger charge is 2.52. The van der Waals surface area contributed by atoms with E-state index in [-0.39, 0.29) is 36.9 Å². The lowest BCUT2D eigenvalue weighted by atomic mass is 9.92. The van der Waals surface area contributed by atoms with Crippen LogP contribution in [-0.2, 0) is 27.5 Å². The van der Waals surface area contributed by atoms with Crippen molar-refractivity contribution < 1.29 is 19.1 Å². The zero-order valence-corrected chi connectivity index (χ0v) is 23.5. The minimum absolute atomic E-state index is 0.0531. The molecule has 0 saturated carbocycles. The summed E-state index contributed by atoms with van der Waals surface area (Å²) < 4.78 is 5.92. The average molecular weight is 536 g/mol. The molecular weight excluding hydrogens is 494 g/mol. The summed E-state index contributed by atoms with van der Waals surface area (Å²) in [5.74, 6) is -0.256. The SMILES string of the molecule is CCC(C)[C@H]1C(=O)N(CCOCc2ccc(C)cc2)C[C@H]2N1C(=O)CN(CC)N2C(=O)NCc1ccccc1. The van der Waals surface area contributed by atoms with Crippen molar-refractivity contribution in [2.45, 2.75) is 59.5 Å². The first-order valence-electron chi connectivity index (χ1n) is 13.9. The predicted octanol–water partition coefficient (Wildman–Crippen LogP) is 3.39. The molecule has 0 aromatic heterocycles. The lowest BCUT2D eigenvalue weighted by Gasteiger charge is -2.56. The largest absolute Gasteiger partial charge is 0.375 e. The number of carbonyl (C=O) groups excluding carboxylic acids is 3. The Bertz CT molecular complexity index is 1130. The predicted molar refractivity (Wildman–Crippen MR) is 149 cm³/mol. The van der Waals surface area contributed by atoms with Crippen LogP contribution in [0.1, 0.15) is 43.9 Å². The van der Waals surface area contributed by atoms with Crippen molar-refractivity contribution in [2.24, 2.45) is 5.92 Å². The van der Waals surface area contributed by atoms with Gasteiger partial charge >= 0.3 is 6.03 Å². The number of piperazine rings is 1. The fourth-order valence-corrected chi connectivity index (χ4v) is 5.26. The summed E-state index contributed by atoms with van der Waals surface area (Å²) in [7, 11) is 0. The Morgan fingerprint density at radius 1 is 1.05 bits per heavy atom. The molecule has 2 heterocycles. The Kier molecular flexibility index (Phi) is 9.59. The van der Waals surface area contributed by atoms with E-state index in [2.05, 4.69) is 17.4 Å². The molecule has 2 aromatic rings. The van der Waals surface area contributed by atoms with Gasteiger partial charge in [0.05, 0.1) is 26.3 Å². The highest BCUT2D eigenvalue weighted by Crippen LogP contribution is 2.30. The molecule has 2 saturated heterocycles. The third-order valence-electron chi connectivity index (χ3n) is 7.70. The fourth-order valence-electron chi connectivity index (χ4n) is 5.26. The number of likely N-dealkylation sites (N-methyl/N-ethyl adjacent to an activating group) is 1. The van der Waals surface area contributed by atoms with Crippen molar-refractivity contribution in [1.29, 1.82) is 0 Å². The monoisotopic (exact) mass is 535 g/mol. The van der Waals surface area contributed by atoms with Gasteiger partial charge in [-0.2, -0.15) is 0 Å². The molecule has 4 amide bonds. The highest BCUT2D eigenvalue weighted by molar-refractivity contribution is 5.91. The second kappa shape index (κ2) is 13.1. The number of nitrogens with one attached hydrogen (secondary N) is 1. The van der Waals surface area contributed by atoms with Crippen LogP contribution in [0.15, 0.2) is 54.6 Å². The van der Waals surface area contributed by atoms with Crippen LogP contribution in [0.4, 0.5) is 4.79 Å². The van der Waals surface area contributed by atoms with E-state index in [1.165, 1.54) is 5.56 Å². The lowest BCUT2D eigenvalue weighted by molar-refractivity contribution is -0.193. The Labute approximate surface area is 231 Å². The summed E-state index contributed by atoms with van der Waals surface area (Å²) in [4.78, 5) is 44.1. The van der Waals surface area contributed by atoms with E-state index in [1.54, 1.807) is 19.8 Å². The van der Waals surface area contributed by atoms with Gasteiger partial charge in [-0.25, -0.2) is 14.8 Å². The first kappa shape index (κ1) is 28.6. The Morgan fingerprint density at radius 3 is 2.44 bits per heavy atom. The van der Waals surface area contributed by atoms with E-state index in [0.717, 1.165) is 17.5 Å². The van der Waals surface area contributed by atoms with Crippen LogP contribution in [0.3, 0.4) is 0 Å². The van der Waals surface area contributed by atoms with Gasteiger partial charge in [-0.15, -0.1) is 0 Å². The maximum Gasteiger partial charge on any atom is 0.334 e. The molecule has 1 N–H and O–H groups in total. The van der Waals surface area contributed by atoms with Crippen molar-refractivity contribution in [2.75, 3.05) is 32.8 Å². The number of hydrogen-bond acceptors (Lipinski definition) is 5. The first-order valence-corrected chi connectivity index (χ1v) is 13.9. The van der Waals surface area contributed by atoms with Gasteiger partial charge in [0.2, 0.25) is 11.8 Å². The van der Waals surface area contributed by atoms with Gasteiger partial charge in [0, 0.05) is 19.6 Å². The van der Waals surface area contributed by atoms with Crippen molar-refractivity contribution >= 4 is 17.8 Å². The van der Waals surface area contributed by atoms with Crippen LogP contribution >= 0.6 is 0 Å². The molecule has 0 spiro atoms. The van der Waals surface area contributed by atoms with Crippen LogP contribution in [0, 0.1) is 12.8 Å². The summed E-state index contributed by atoms with van der Waals surface area (Å²) in [6.45, 7) is 10.4. The number of hydrogen-bond donors (Lipinski definition) is 1. The topological polar surface area (TPSA) is 85.4 Å². The first-order chi connectivity index (χ1) is 18.8. The average Bonchev–Trinajstić information content (AvgIpc) is 2.95. The normalized spacial score (nSPS) is 20.7. The van der Waals surface area contributed by atoms with Gasteiger partial charge in [0.1, 0.15) is 12.2 Å². The fraction of sp³-hybridized carbons (Fsp3) is 0.500. The van der Waals surface area contributed by atoms with Crippen molar-refractivity contribution in [3.05, 3.63) is 71.3 Å². The molecule has 210 valence electrons. The number of rotatable bonds is 10. The van der Waals surface area contributed by atoms with E-state index in [4.69, 9.17) is 4.74 Å². The summed E-state index contributed by atoms with van der Waals surface area (Å²) in [5, 5.41) is 6.44. The van der Waals surface area contributed by atoms with Crippen LogP contribution in [0.25, 0.3) is 0 Å². The highest BCUT2D eigenvalue weighted by atomic mass is 16.5. The number of carbonyl (C=O) groups is 3. The third-order valence-corrected chi connectivity index (χ3v) is 7.70. The number of fused-ring (bicyclic) bond motifs is 1. The zero-order valence-electron chi connectivity index (χ0n) is 23.5. The second-order valence-electron chi connectivity index (χ2n) is 10.4. The van der Waals surface area contributed by atoms with Crippen molar-refractivity contribution in [3.8, 4) is 0 Å². The summed E-state index contributed by atoms with van der Waals surface area (Å²) in [6.07, 6.45) is 0.151. The van der Waals surface area contributed by atoms with Gasteiger partial charge < -0.3 is 19.9 Å². The van der Waals surface area contributed by atoms with E-state index in [1.807, 2.05) is 70.2 Å². The summed E-state index contributed by atoms with van der Waals surface area (Å²) >= 11 is 0. The minimum atomic E-state index is -0.623. The van der Waals surface area contributed by atoms with Crippen LogP contribution in [0.2, 0.25) is 0 Å². The van der Waals surface area contributed by atoms with Gasteiger partial charge in [-0.05, 0) is 24.0 Å². The maximum atomic E-state index is 13.7. The number of hydrazine groups is 1. The van der Waals surface area contributed by atoms with Crippen LogP contribution in [0.5, 0.6) is 0 Å². The van der Waals surface area contributed by atoms with Gasteiger partial charge in [-0.3, -0.25) is 9.59 Å². The van der Waals surface area contributed by atoms with E-state index < -0.39 is 12.2 Å². The number of ether oxygens (including phenoxy) is 1. The molecule has 9 heteroatoms. The molecule has 0 radical (unpaired) electrons. The molecule has 2 fully saturated rings.